The van der Waals surface area contributed by atoms with E-state index in [1.54, 1.807) is 11.3 Å². The number of piperidine rings is 1. The first-order valence-corrected chi connectivity index (χ1v) is 7.00. The van der Waals surface area contributed by atoms with Crippen LogP contribution in [0.4, 0.5) is 0 Å². The molecule has 0 bridgehead atoms. The summed E-state index contributed by atoms with van der Waals surface area (Å²) in [6.07, 6.45) is 6.79. The maximum Gasteiger partial charge on any atom is 0.320 e. The number of carbonyl (C=O) groups is 1. The molecule has 1 saturated heterocycles. The van der Waals surface area contributed by atoms with Crippen LogP contribution in [0.15, 0.2) is 17.8 Å². The predicted molar refractivity (Wildman–Crippen MR) is 68.8 cm³/mol. The molecule has 0 aliphatic carbocycles. The number of thiazole rings is 1. The van der Waals surface area contributed by atoms with Crippen molar-refractivity contribution in [2.24, 2.45) is 0 Å². The van der Waals surface area contributed by atoms with E-state index in [1.165, 1.54) is 0 Å². The summed E-state index contributed by atoms with van der Waals surface area (Å²) in [5.74, 6) is -0.712. The number of hydrogen-bond acceptors (Lipinski definition) is 4. The Morgan fingerprint density at radius 2 is 2.44 bits per heavy atom. The second-order valence-corrected chi connectivity index (χ2v) is 5.52. The number of imidazole rings is 1. The molecule has 1 unspecified atom stereocenters. The maximum absolute atomic E-state index is 11.2. The van der Waals surface area contributed by atoms with Gasteiger partial charge in [0.15, 0.2) is 4.96 Å². The Kier molecular flexibility index (Phi) is 3.05. The average molecular weight is 265 g/mol. The van der Waals surface area contributed by atoms with Gasteiger partial charge in [0.25, 0.3) is 0 Å². The van der Waals surface area contributed by atoms with E-state index in [1.807, 2.05) is 27.1 Å². The summed E-state index contributed by atoms with van der Waals surface area (Å²) in [5, 5.41) is 11.2. The minimum absolute atomic E-state index is 0.349. The highest BCUT2D eigenvalue weighted by molar-refractivity contribution is 7.15. The molecule has 18 heavy (non-hydrogen) atoms. The number of nitrogens with zero attached hydrogens (tertiary/aromatic N) is 3. The first-order chi connectivity index (χ1) is 8.74. The Morgan fingerprint density at radius 1 is 1.56 bits per heavy atom. The molecule has 5 nitrogen and oxygen atoms in total. The standard InChI is InChI=1S/C12H15N3O2S/c16-11(17)10-3-1-2-4-14(10)7-9-8-15-5-6-18-12(15)13-9/h5-6,8,10H,1-4,7H2,(H,16,17). The molecular formula is C12H15N3O2S. The predicted octanol–water partition coefficient (Wildman–Crippen LogP) is 1.83. The number of aromatic nitrogens is 2. The fraction of sp³-hybridized carbons (Fsp3) is 0.500. The number of fused-ring (bicyclic) bond motifs is 1. The number of likely N-dealkylation sites (tertiary alicyclic amines) is 1. The highest BCUT2D eigenvalue weighted by atomic mass is 32.1. The van der Waals surface area contributed by atoms with Crippen LogP contribution in [0.2, 0.25) is 0 Å². The van der Waals surface area contributed by atoms with Crippen LogP contribution in [0.5, 0.6) is 0 Å². The molecule has 0 radical (unpaired) electrons. The summed E-state index contributed by atoms with van der Waals surface area (Å²) in [7, 11) is 0. The lowest BCUT2D eigenvalue weighted by Crippen LogP contribution is -2.44. The van der Waals surface area contributed by atoms with Gasteiger partial charge in [-0.15, -0.1) is 11.3 Å². The average Bonchev–Trinajstić information content (AvgIpc) is 2.90. The van der Waals surface area contributed by atoms with Crippen molar-refractivity contribution in [1.29, 1.82) is 0 Å². The zero-order valence-corrected chi connectivity index (χ0v) is 10.8. The molecular weight excluding hydrogens is 250 g/mol. The molecule has 0 amide bonds. The zero-order chi connectivity index (χ0) is 12.5. The number of aliphatic carboxylic acids is 1. The lowest BCUT2D eigenvalue weighted by molar-refractivity contribution is -0.144. The molecule has 1 fully saturated rings. The van der Waals surface area contributed by atoms with E-state index in [-0.39, 0.29) is 6.04 Å². The third-order valence-corrected chi connectivity index (χ3v) is 4.18. The molecule has 2 aromatic rings. The monoisotopic (exact) mass is 265 g/mol. The maximum atomic E-state index is 11.2. The van der Waals surface area contributed by atoms with Crippen molar-refractivity contribution in [3.05, 3.63) is 23.5 Å². The van der Waals surface area contributed by atoms with E-state index >= 15 is 0 Å². The fourth-order valence-electron chi connectivity index (χ4n) is 2.52. The molecule has 1 N–H and O–H groups in total. The van der Waals surface area contributed by atoms with Gasteiger partial charge in [-0.25, -0.2) is 4.98 Å². The Bertz CT molecular complexity index is 534. The van der Waals surface area contributed by atoms with Crippen molar-refractivity contribution < 1.29 is 9.90 Å². The van der Waals surface area contributed by atoms with E-state index in [0.717, 1.165) is 36.5 Å². The highest BCUT2D eigenvalue weighted by Crippen LogP contribution is 2.20. The molecule has 3 heterocycles. The van der Waals surface area contributed by atoms with Gasteiger partial charge >= 0.3 is 5.97 Å². The van der Waals surface area contributed by atoms with E-state index < -0.39 is 5.97 Å². The van der Waals surface area contributed by atoms with Crippen molar-refractivity contribution in [3.63, 3.8) is 0 Å². The molecule has 0 saturated carbocycles. The first-order valence-electron chi connectivity index (χ1n) is 6.12. The van der Waals surface area contributed by atoms with Crippen LogP contribution in [0.3, 0.4) is 0 Å². The summed E-state index contributed by atoms with van der Waals surface area (Å²) in [6, 6.07) is -0.349. The first kappa shape index (κ1) is 11.7. The smallest absolute Gasteiger partial charge is 0.320 e. The van der Waals surface area contributed by atoms with Gasteiger partial charge in [0.05, 0.1) is 5.69 Å². The van der Waals surface area contributed by atoms with Gasteiger partial charge in [-0.05, 0) is 19.4 Å². The molecule has 3 rings (SSSR count). The van der Waals surface area contributed by atoms with Gasteiger partial charge in [-0.1, -0.05) is 6.42 Å². The highest BCUT2D eigenvalue weighted by Gasteiger charge is 2.28. The van der Waals surface area contributed by atoms with Gasteiger partial charge in [-0.2, -0.15) is 0 Å². The quantitative estimate of drug-likeness (QED) is 0.920. The van der Waals surface area contributed by atoms with Crippen molar-refractivity contribution in [3.8, 4) is 0 Å². The molecule has 1 atom stereocenters. The number of carboxylic acids is 1. The van der Waals surface area contributed by atoms with Crippen LogP contribution >= 0.6 is 11.3 Å². The molecule has 1 aliphatic rings. The molecule has 6 heteroatoms. The molecule has 96 valence electrons. The Labute approximate surface area is 109 Å². The van der Waals surface area contributed by atoms with Gasteiger partial charge in [-0.3, -0.25) is 14.1 Å². The lowest BCUT2D eigenvalue weighted by atomic mass is 10.0. The van der Waals surface area contributed by atoms with Gasteiger partial charge in [0.1, 0.15) is 6.04 Å². The van der Waals surface area contributed by atoms with Gasteiger partial charge in [0.2, 0.25) is 0 Å². The number of hydrogen-bond donors (Lipinski definition) is 1. The molecule has 0 aromatic carbocycles. The number of rotatable bonds is 3. The summed E-state index contributed by atoms with van der Waals surface area (Å²) < 4.78 is 1.99. The Balaban J connectivity index is 1.77. The summed E-state index contributed by atoms with van der Waals surface area (Å²) in [4.78, 5) is 18.7. The van der Waals surface area contributed by atoms with Crippen LogP contribution in [0.1, 0.15) is 25.0 Å². The lowest BCUT2D eigenvalue weighted by Gasteiger charge is -2.32. The van der Waals surface area contributed by atoms with E-state index in [9.17, 15) is 9.90 Å². The van der Waals surface area contributed by atoms with Crippen LogP contribution in [-0.2, 0) is 11.3 Å². The van der Waals surface area contributed by atoms with E-state index in [2.05, 4.69) is 4.98 Å². The Hall–Kier alpha value is -1.40. The zero-order valence-electron chi connectivity index (χ0n) is 9.95. The second-order valence-electron chi connectivity index (χ2n) is 4.65. The third-order valence-electron chi connectivity index (χ3n) is 3.41. The summed E-state index contributed by atoms with van der Waals surface area (Å²) >= 11 is 1.59. The number of carboxylic acid groups (broad SMARTS) is 1. The van der Waals surface area contributed by atoms with Crippen molar-refractivity contribution in [2.45, 2.75) is 31.8 Å². The van der Waals surface area contributed by atoms with Crippen molar-refractivity contribution in [1.82, 2.24) is 14.3 Å². The minimum atomic E-state index is -0.712. The topological polar surface area (TPSA) is 57.8 Å². The molecule has 2 aromatic heterocycles. The van der Waals surface area contributed by atoms with E-state index in [0.29, 0.717) is 6.54 Å². The fourth-order valence-corrected chi connectivity index (χ4v) is 3.24. The molecule has 1 aliphatic heterocycles. The van der Waals surface area contributed by atoms with Gasteiger partial charge < -0.3 is 5.11 Å². The largest absolute Gasteiger partial charge is 0.480 e. The van der Waals surface area contributed by atoms with Crippen molar-refractivity contribution >= 4 is 22.3 Å². The van der Waals surface area contributed by atoms with Crippen molar-refractivity contribution in [2.75, 3.05) is 6.54 Å². The normalized spacial score (nSPS) is 21.4. The minimum Gasteiger partial charge on any atom is -0.480 e. The van der Waals surface area contributed by atoms with Gasteiger partial charge in [0, 0.05) is 24.3 Å². The second kappa shape index (κ2) is 4.70. The Morgan fingerprint density at radius 3 is 3.22 bits per heavy atom. The molecule has 0 spiro atoms. The SMILES string of the molecule is O=C(O)C1CCCCN1Cc1cn2ccsc2n1. The van der Waals surface area contributed by atoms with Crippen LogP contribution < -0.4 is 0 Å². The van der Waals surface area contributed by atoms with Crippen LogP contribution in [-0.4, -0.2) is 37.9 Å². The summed E-state index contributed by atoms with van der Waals surface area (Å²) in [5.41, 5.74) is 0.954. The van der Waals surface area contributed by atoms with Crippen LogP contribution in [0, 0.1) is 0 Å². The third kappa shape index (κ3) is 2.13. The van der Waals surface area contributed by atoms with Crippen LogP contribution in [0.25, 0.3) is 4.96 Å². The summed E-state index contributed by atoms with van der Waals surface area (Å²) in [6.45, 7) is 1.48. The van der Waals surface area contributed by atoms with E-state index in [4.69, 9.17) is 0 Å².